The molecule has 0 spiro atoms. The fourth-order valence-corrected chi connectivity index (χ4v) is 2.66. The maximum atomic E-state index is 4.39. The summed E-state index contributed by atoms with van der Waals surface area (Å²) in [6.07, 6.45) is 3.48. The Morgan fingerprint density at radius 2 is 1.94 bits per heavy atom. The molecule has 2 aromatic heterocycles. The molecule has 2 heterocycles. The summed E-state index contributed by atoms with van der Waals surface area (Å²) in [6.45, 7) is 6.30. The van der Waals surface area contributed by atoms with Gasteiger partial charge in [-0.3, -0.25) is 9.97 Å². The van der Waals surface area contributed by atoms with E-state index in [0.717, 1.165) is 11.4 Å². The Labute approximate surface area is 106 Å². The second kappa shape index (κ2) is 5.38. The molecule has 90 valence electrons. The Kier molecular flexibility index (Phi) is 3.86. The Morgan fingerprint density at radius 3 is 2.59 bits per heavy atom. The van der Waals surface area contributed by atoms with Crippen molar-refractivity contribution in [3.05, 3.63) is 46.2 Å². The lowest BCUT2D eigenvalue weighted by atomic mass is 10.1. The maximum Gasteiger partial charge on any atom is 0.0782 e. The first-order valence-corrected chi connectivity index (χ1v) is 6.63. The number of nitrogens with zero attached hydrogens (tertiary/aromatic N) is 2. The largest absolute Gasteiger partial charge is 0.301 e. The molecular weight excluding hydrogens is 230 g/mol. The second-order valence-corrected chi connectivity index (χ2v) is 5.13. The minimum Gasteiger partial charge on any atom is -0.301 e. The first kappa shape index (κ1) is 12.2. The van der Waals surface area contributed by atoms with Crippen LogP contribution in [0.1, 0.15) is 42.2 Å². The van der Waals surface area contributed by atoms with Crippen LogP contribution in [-0.4, -0.2) is 9.97 Å². The van der Waals surface area contributed by atoms with Crippen molar-refractivity contribution in [2.45, 2.75) is 32.9 Å². The van der Waals surface area contributed by atoms with Crippen LogP contribution in [0.4, 0.5) is 0 Å². The lowest BCUT2D eigenvalue weighted by Crippen LogP contribution is -2.23. The molecule has 4 heteroatoms. The third-order valence-corrected chi connectivity index (χ3v) is 3.85. The zero-order valence-electron chi connectivity index (χ0n) is 10.3. The fourth-order valence-electron chi connectivity index (χ4n) is 1.92. The van der Waals surface area contributed by atoms with Crippen LogP contribution in [0.2, 0.25) is 0 Å². The molecule has 0 aromatic carbocycles. The summed E-state index contributed by atoms with van der Waals surface area (Å²) in [5.74, 6) is 0. The molecule has 0 amide bonds. The van der Waals surface area contributed by atoms with Crippen LogP contribution in [0.3, 0.4) is 0 Å². The van der Waals surface area contributed by atoms with Gasteiger partial charge in [0.25, 0.3) is 0 Å². The Hall–Kier alpha value is -1.26. The number of thiophene rings is 1. The molecule has 0 aliphatic heterocycles. The van der Waals surface area contributed by atoms with E-state index in [1.54, 1.807) is 23.7 Å². The van der Waals surface area contributed by atoms with Gasteiger partial charge in [0.1, 0.15) is 0 Å². The van der Waals surface area contributed by atoms with Crippen LogP contribution in [0.15, 0.2) is 29.9 Å². The standard InChI is InChI=1S/C13H17N3S/c1-9(12-5-4-8-17-12)16-11(3)13-10(2)14-6-7-15-13/h4-9,11,16H,1-3H3. The van der Waals surface area contributed by atoms with E-state index in [0.29, 0.717) is 6.04 Å². The first-order valence-electron chi connectivity index (χ1n) is 5.75. The third kappa shape index (κ3) is 2.90. The van der Waals surface area contributed by atoms with Crippen LogP contribution in [0.25, 0.3) is 0 Å². The van der Waals surface area contributed by atoms with E-state index >= 15 is 0 Å². The summed E-state index contributed by atoms with van der Waals surface area (Å²) >= 11 is 1.77. The van der Waals surface area contributed by atoms with Crippen molar-refractivity contribution in [1.29, 1.82) is 0 Å². The van der Waals surface area contributed by atoms with Gasteiger partial charge in [-0.05, 0) is 32.2 Å². The van der Waals surface area contributed by atoms with E-state index in [1.165, 1.54) is 4.88 Å². The Bertz CT molecular complexity index is 467. The minimum atomic E-state index is 0.209. The molecule has 3 nitrogen and oxygen atoms in total. The average molecular weight is 247 g/mol. The molecule has 0 saturated carbocycles. The molecule has 0 radical (unpaired) electrons. The molecule has 17 heavy (non-hydrogen) atoms. The second-order valence-electron chi connectivity index (χ2n) is 4.15. The summed E-state index contributed by atoms with van der Waals surface area (Å²) in [5.41, 5.74) is 2.02. The average Bonchev–Trinajstić information content (AvgIpc) is 2.82. The number of aromatic nitrogens is 2. The summed E-state index contributed by atoms with van der Waals surface area (Å²) in [6, 6.07) is 4.78. The first-order chi connectivity index (χ1) is 8.18. The highest BCUT2D eigenvalue weighted by Crippen LogP contribution is 2.22. The van der Waals surface area contributed by atoms with Gasteiger partial charge in [-0.2, -0.15) is 0 Å². The van der Waals surface area contributed by atoms with Crippen molar-refractivity contribution in [2.24, 2.45) is 0 Å². The van der Waals surface area contributed by atoms with Crippen LogP contribution in [-0.2, 0) is 0 Å². The highest BCUT2D eigenvalue weighted by atomic mass is 32.1. The summed E-state index contributed by atoms with van der Waals surface area (Å²) in [4.78, 5) is 10.0. The summed E-state index contributed by atoms with van der Waals surface area (Å²) in [7, 11) is 0. The van der Waals surface area contributed by atoms with Crippen molar-refractivity contribution in [3.8, 4) is 0 Å². The number of hydrogen-bond donors (Lipinski definition) is 1. The number of hydrogen-bond acceptors (Lipinski definition) is 4. The zero-order chi connectivity index (χ0) is 12.3. The zero-order valence-corrected chi connectivity index (χ0v) is 11.2. The van der Waals surface area contributed by atoms with Crippen molar-refractivity contribution < 1.29 is 0 Å². The fraction of sp³-hybridized carbons (Fsp3) is 0.385. The van der Waals surface area contributed by atoms with E-state index < -0.39 is 0 Å². The number of nitrogens with one attached hydrogen (secondary N) is 1. The molecule has 0 saturated heterocycles. The monoisotopic (exact) mass is 247 g/mol. The quantitative estimate of drug-likeness (QED) is 0.901. The SMILES string of the molecule is Cc1nccnc1C(C)NC(C)c1cccs1. The third-order valence-electron chi connectivity index (χ3n) is 2.80. The van der Waals surface area contributed by atoms with Gasteiger partial charge in [-0.25, -0.2) is 0 Å². The van der Waals surface area contributed by atoms with Crippen molar-refractivity contribution in [1.82, 2.24) is 15.3 Å². The molecule has 2 aromatic rings. The molecule has 0 aliphatic rings. The van der Waals surface area contributed by atoms with E-state index in [4.69, 9.17) is 0 Å². The van der Waals surface area contributed by atoms with Crippen LogP contribution >= 0.6 is 11.3 Å². The summed E-state index contributed by atoms with van der Waals surface area (Å²) < 4.78 is 0. The predicted molar refractivity (Wildman–Crippen MR) is 71.1 cm³/mol. The van der Waals surface area contributed by atoms with Gasteiger partial charge in [-0.15, -0.1) is 11.3 Å². The van der Waals surface area contributed by atoms with E-state index in [2.05, 4.69) is 46.6 Å². The van der Waals surface area contributed by atoms with Gasteiger partial charge in [0.15, 0.2) is 0 Å². The van der Waals surface area contributed by atoms with Crippen LogP contribution < -0.4 is 5.32 Å². The van der Waals surface area contributed by atoms with Crippen LogP contribution in [0.5, 0.6) is 0 Å². The van der Waals surface area contributed by atoms with Gasteiger partial charge in [0, 0.05) is 29.4 Å². The molecule has 0 aliphatic carbocycles. The smallest absolute Gasteiger partial charge is 0.0782 e. The lowest BCUT2D eigenvalue weighted by molar-refractivity contribution is 0.488. The van der Waals surface area contributed by atoms with Crippen molar-refractivity contribution in [3.63, 3.8) is 0 Å². The van der Waals surface area contributed by atoms with Gasteiger partial charge in [0.2, 0.25) is 0 Å². The van der Waals surface area contributed by atoms with E-state index in [-0.39, 0.29) is 6.04 Å². The summed E-state index contributed by atoms with van der Waals surface area (Å²) in [5, 5.41) is 5.65. The number of aryl methyl sites for hydroxylation is 1. The Balaban J connectivity index is 2.07. The van der Waals surface area contributed by atoms with Gasteiger partial charge < -0.3 is 5.32 Å². The van der Waals surface area contributed by atoms with E-state index in [9.17, 15) is 0 Å². The van der Waals surface area contributed by atoms with Gasteiger partial charge >= 0.3 is 0 Å². The highest BCUT2D eigenvalue weighted by Gasteiger charge is 2.14. The van der Waals surface area contributed by atoms with Crippen molar-refractivity contribution in [2.75, 3.05) is 0 Å². The van der Waals surface area contributed by atoms with E-state index in [1.807, 2.05) is 6.92 Å². The molecule has 0 fully saturated rings. The van der Waals surface area contributed by atoms with Crippen LogP contribution in [0, 0.1) is 6.92 Å². The Morgan fingerprint density at radius 1 is 1.18 bits per heavy atom. The lowest BCUT2D eigenvalue weighted by Gasteiger charge is -2.19. The molecule has 0 bridgehead atoms. The van der Waals surface area contributed by atoms with Crippen molar-refractivity contribution >= 4 is 11.3 Å². The molecule has 2 rings (SSSR count). The molecule has 1 N–H and O–H groups in total. The molecule has 2 unspecified atom stereocenters. The molecule has 2 atom stereocenters. The number of rotatable bonds is 4. The van der Waals surface area contributed by atoms with Gasteiger partial charge in [0.05, 0.1) is 11.4 Å². The predicted octanol–water partition coefficient (Wildman–Crippen LogP) is 3.26. The molecular formula is C13H17N3S. The van der Waals surface area contributed by atoms with Gasteiger partial charge in [-0.1, -0.05) is 6.07 Å². The normalized spacial score (nSPS) is 14.5. The maximum absolute atomic E-state index is 4.39. The topological polar surface area (TPSA) is 37.8 Å². The highest BCUT2D eigenvalue weighted by molar-refractivity contribution is 7.10. The minimum absolute atomic E-state index is 0.209.